The number of benzene rings is 2. The Hall–Kier alpha value is -2.87. The average molecular weight is 417 g/mol. The predicted molar refractivity (Wildman–Crippen MR) is 107 cm³/mol. The van der Waals surface area contributed by atoms with Crippen LogP contribution in [-0.2, 0) is 26.0 Å². The number of hydrogen-bond acceptors (Lipinski definition) is 6. The fourth-order valence-electron chi connectivity index (χ4n) is 3.03. The van der Waals surface area contributed by atoms with Gasteiger partial charge in [-0.3, -0.25) is 4.79 Å². The molecule has 2 aromatic rings. The van der Waals surface area contributed by atoms with Gasteiger partial charge in [0.1, 0.15) is 12.4 Å². The van der Waals surface area contributed by atoms with Gasteiger partial charge in [0.2, 0.25) is 0 Å². The SMILES string of the molecule is C[C@H](OC(=O)c1ccccc1COc1ccccc1)C(=O)N[C@@H]1CCS(=O)(=O)C1. The lowest BCUT2D eigenvalue weighted by Gasteiger charge is -2.17. The van der Waals surface area contributed by atoms with E-state index in [0.717, 1.165) is 0 Å². The summed E-state index contributed by atoms with van der Waals surface area (Å²) in [4.78, 5) is 24.8. The van der Waals surface area contributed by atoms with E-state index < -0.39 is 33.9 Å². The van der Waals surface area contributed by atoms with E-state index in [2.05, 4.69) is 5.32 Å². The number of para-hydroxylation sites is 1. The van der Waals surface area contributed by atoms with Gasteiger partial charge in [-0.05, 0) is 31.5 Å². The maximum absolute atomic E-state index is 12.6. The zero-order chi connectivity index (χ0) is 20.9. The van der Waals surface area contributed by atoms with E-state index in [1.54, 1.807) is 24.3 Å². The van der Waals surface area contributed by atoms with Crippen LogP contribution >= 0.6 is 0 Å². The van der Waals surface area contributed by atoms with Crippen LogP contribution in [0.15, 0.2) is 54.6 Å². The molecule has 0 aliphatic carbocycles. The van der Waals surface area contributed by atoms with E-state index >= 15 is 0 Å². The summed E-state index contributed by atoms with van der Waals surface area (Å²) in [7, 11) is -3.10. The van der Waals surface area contributed by atoms with E-state index in [1.807, 2.05) is 30.3 Å². The first-order chi connectivity index (χ1) is 13.8. The number of hydrogen-bond donors (Lipinski definition) is 1. The van der Waals surface area contributed by atoms with Crippen LogP contribution in [0.2, 0.25) is 0 Å². The van der Waals surface area contributed by atoms with Crippen molar-refractivity contribution in [2.75, 3.05) is 11.5 Å². The largest absolute Gasteiger partial charge is 0.489 e. The van der Waals surface area contributed by atoms with Crippen molar-refractivity contribution in [2.45, 2.75) is 32.1 Å². The highest BCUT2D eigenvalue weighted by Gasteiger charge is 2.31. The first kappa shape index (κ1) is 20.9. The molecule has 1 N–H and O–H groups in total. The van der Waals surface area contributed by atoms with E-state index in [-0.39, 0.29) is 18.1 Å². The topological polar surface area (TPSA) is 98.8 Å². The van der Waals surface area contributed by atoms with Crippen LogP contribution in [0, 0.1) is 0 Å². The summed E-state index contributed by atoms with van der Waals surface area (Å²) >= 11 is 0. The molecule has 3 rings (SSSR count). The van der Waals surface area contributed by atoms with Crippen molar-refractivity contribution in [3.63, 3.8) is 0 Å². The number of esters is 1. The smallest absolute Gasteiger partial charge is 0.339 e. The second-order valence-electron chi connectivity index (χ2n) is 6.91. The van der Waals surface area contributed by atoms with Crippen molar-refractivity contribution in [1.82, 2.24) is 5.32 Å². The molecular formula is C21H23NO6S. The third kappa shape index (κ3) is 5.80. The summed E-state index contributed by atoms with van der Waals surface area (Å²) in [5, 5.41) is 2.63. The Kier molecular flexibility index (Phi) is 6.53. The van der Waals surface area contributed by atoms with Crippen molar-refractivity contribution in [2.24, 2.45) is 0 Å². The summed E-state index contributed by atoms with van der Waals surface area (Å²) in [5.74, 6) is -0.507. The van der Waals surface area contributed by atoms with Crippen LogP contribution in [0.4, 0.5) is 0 Å². The molecule has 154 valence electrons. The summed E-state index contributed by atoms with van der Waals surface area (Å²) in [6.45, 7) is 1.63. The minimum Gasteiger partial charge on any atom is -0.489 e. The number of nitrogens with one attached hydrogen (secondary N) is 1. The Balaban J connectivity index is 1.59. The summed E-state index contributed by atoms with van der Waals surface area (Å²) in [6.07, 6.45) is -0.678. The molecule has 0 saturated carbocycles. The fraction of sp³-hybridized carbons (Fsp3) is 0.333. The van der Waals surface area contributed by atoms with Gasteiger partial charge in [0.25, 0.3) is 5.91 Å². The van der Waals surface area contributed by atoms with Crippen molar-refractivity contribution in [3.05, 3.63) is 65.7 Å². The summed E-state index contributed by atoms with van der Waals surface area (Å²) in [5.41, 5.74) is 0.947. The molecule has 1 amide bonds. The standard InChI is InChI=1S/C21H23NO6S/c1-15(20(23)22-17-11-12-29(25,26)14-17)28-21(24)19-10-6-5-7-16(19)13-27-18-8-3-2-4-9-18/h2-10,15,17H,11-14H2,1H3,(H,22,23)/t15-,17+/m0/s1. The minimum atomic E-state index is -3.10. The molecule has 7 nitrogen and oxygen atoms in total. The lowest BCUT2D eigenvalue weighted by molar-refractivity contribution is -0.129. The average Bonchev–Trinajstić information content (AvgIpc) is 3.05. The third-order valence-electron chi connectivity index (χ3n) is 4.61. The summed E-state index contributed by atoms with van der Waals surface area (Å²) in [6, 6.07) is 15.6. The molecule has 2 aromatic carbocycles. The van der Waals surface area contributed by atoms with Crippen molar-refractivity contribution < 1.29 is 27.5 Å². The predicted octanol–water partition coefficient (Wildman–Crippen LogP) is 2.11. The number of carbonyl (C=O) groups excluding carboxylic acids is 2. The highest BCUT2D eigenvalue weighted by atomic mass is 32.2. The summed E-state index contributed by atoms with van der Waals surface area (Å²) < 4.78 is 34.0. The van der Waals surface area contributed by atoms with E-state index in [1.165, 1.54) is 6.92 Å². The van der Waals surface area contributed by atoms with Crippen LogP contribution in [0.1, 0.15) is 29.3 Å². The quantitative estimate of drug-likeness (QED) is 0.693. The van der Waals surface area contributed by atoms with E-state index in [4.69, 9.17) is 9.47 Å². The molecule has 0 unspecified atom stereocenters. The maximum Gasteiger partial charge on any atom is 0.339 e. The zero-order valence-corrected chi connectivity index (χ0v) is 16.9. The van der Waals surface area contributed by atoms with Gasteiger partial charge in [0.05, 0.1) is 17.1 Å². The molecule has 0 aromatic heterocycles. The molecule has 29 heavy (non-hydrogen) atoms. The molecular weight excluding hydrogens is 394 g/mol. The molecule has 1 aliphatic rings. The first-order valence-electron chi connectivity index (χ1n) is 9.31. The molecule has 1 heterocycles. The third-order valence-corrected chi connectivity index (χ3v) is 6.37. The number of sulfone groups is 1. The highest BCUT2D eigenvalue weighted by molar-refractivity contribution is 7.91. The van der Waals surface area contributed by atoms with Crippen molar-refractivity contribution in [1.29, 1.82) is 0 Å². The molecule has 1 aliphatic heterocycles. The van der Waals surface area contributed by atoms with Crippen LogP contribution in [0.25, 0.3) is 0 Å². The number of ether oxygens (including phenoxy) is 2. The zero-order valence-electron chi connectivity index (χ0n) is 16.0. The number of rotatable bonds is 7. The van der Waals surface area contributed by atoms with Gasteiger partial charge in [-0.25, -0.2) is 13.2 Å². The molecule has 1 saturated heterocycles. The Morgan fingerprint density at radius 2 is 1.79 bits per heavy atom. The van der Waals surface area contributed by atoms with Gasteiger partial charge in [0, 0.05) is 11.6 Å². The number of carbonyl (C=O) groups is 2. The second-order valence-corrected chi connectivity index (χ2v) is 9.14. The Morgan fingerprint density at radius 3 is 2.48 bits per heavy atom. The van der Waals surface area contributed by atoms with Gasteiger partial charge < -0.3 is 14.8 Å². The van der Waals surface area contributed by atoms with Crippen LogP contribution in [0.3, 0.4) is 0 Å². The normalized spacial score (nSPS) is 18.6. The molecule has 0 radical (unpaired) electrons. The first-order valence-corrected chi connectivity index (χ1v) is 11.1. The molecule has 2 atom stereocenters. The van der Waals surface area contributed by atoms with Crippen LogP contribution in [0.5, 0.6) is 5.75 Å². The van der Waals surface area contributed by atoms with Gasteiger partial charge in [-0.2, -0.15) is 0 Å². The molecule has 1 fully saturated rings. The van der Waals surface area contributed by atoms with Gasteiger partial charge in [-0.15, -0.1) is 0 Å². The molecule has 0 spiro atoms. The van der Waals surface area contributed by atoms with Gasteiger partial charge in [0.15, 0.2) is 15.9 Å². The van der Waals surface area contributed by atoms with E-state index in [0.29, 0.717) is 23.3 Å². The van der Waals surface area contributed by atoms with Gasteiger partial charge >= 0.3 is 5.97 Å². The molecule has 8 heteroatoms. The monoisotopic (exact) mass is 417 g/mol. The highest BCUT2D eigenvalue weighted by Crippen LogP contribution is 2.17. The molecule has 0 bridgehead atoms. The van der Waals surface area contributed by atoms with E-state index in [9.17, 15) is 18.0 Å². The van der Waals surface area contributed by atoms with Crippen LogP contribution < -0.4 is 10.1 Å². The maximum atomic E-state index is 12.6. The Morgan fingerprint density at radius 1 is 1.10 bits per heavy atom. The lowest BCUT2D eigenvalue weighted by atomic mass is 10.1. The minimum absolute atomic E-state index is 0.0565. The Labute approximate surface area is 169 Å². The van der Waals surface area contributed by atoms with Crippen LogP contribution in [-0.4, -0.2) is 43.9 Å². The lowest BCUT2D eigenvalue weighted by Crippen LogP contribution is -2.42. The van der Waals surface area contributed by atoms with Gasteiger partial charge in [-0.1, -0.05) is 36.4 Å². The van der Waals surface area contributed by atoms with Crippen molar-refractivity contribution >= 4 is 21.7 Å². The fourth-order valence-corrected chi connectivity index (χ4v) is 4.70. The Bertz CT molecular complexity index is 974. The second kappa shape index (κ2) is 9.09. The number of amides is 1. The van der Waals surface area contributed by atoms with Crippen molar-refractivity contribution in [3.8, 4) is 5.75 Å².